The third-order valence-corrected chi connectivity index (χ3v) is 3.64. The van der Waals surface area contributed by atoms with Crippen LogP contribution in [0.3, 0.4) is 0 Å². The standard InChI is InChI=1S/C16H15NO/c18-17-16-11-10-13(12-6-2-1-3-7-12)14-8-4-5-9-15(14)16/h1-9,13,18H,10-11H2/b17-16+. The molecule has 0 spiro atoms. The predicted octanol–water partition coefficient (Wildman–Crippen LogP) is 3.79. The van der Waals surface area contributed by atoms with Crippen LogP contribution in [0.4, 0.5) is 0 Å². The lowest BCUT2D eigenvalue weighted by atomic mass is 9.78. The number of fused-ring (bicyclic) bond motifs is 1. The molecule has 2 aromatic rings. The second kappa shape index (κ2) is 4.65. The minimum absolute atomic E-state index is 0.410. The van der Waals surface area contributed by atoms with Crippen LogP contribution in [-0.2, 0) is 0 Å². The van der Waals surface area contributed by atoms with E-state index in [4.69, 9.17) is 5.21 Å². The predicted molar refractivity (Wildman–Crippen MR) is 72.3 cm³/mol. The molecule has 0 heterocycles. The first-order valence-corrected chi connectivity index (χ1v) is 6.25. The molecule has 90 valence electrons. The highest BCUT2D eigenvalue weighted by atomic mass is 16.4. The van der Waals surface area contributed by atoms with Crippen molar-refractivity contribution >= 4 is 5.71 Å². The van der Waals surface area contributed by atoms with Gasteiger partial charge in [0, 0.05) is 11.5 Å². The lowest BCUT2D eigenvalue weighted by Gasteiger charge is -2.26. The van der Waals surface area contributed by atoms with Crippen molar-refractivity contribution in [2.75, 3.05) is 0 Å². The Bertz CT molecular complexity index is 575. The zero-order valence-electron chi connectivity index (χ0n) is 10.1. The van der Waals surface area contributed by atoms with Gasteiger partial charge in [-0.2, -0.15) is 0 Å². The van der Waals surface area contributed by atoms with Gasteiger partial charge < -0.3 is 5.21 Å². The van der Waals surface area contributed by atoms with E-state index in [1.165, 1.54) is 11.1 Å². The van der Waals surface area contributed by atoms with Gasteiger partial charge in [-0.15, -0.1) is 0 Å². The zero-order valence-corrected chi connectivity index (χ0v) is 10.1. The highest BCUT2D eigenvalue weighted by Crippen LogP contribution is 2.36. The summed E-state index contributed by atoms with van der Waals surface area (Å²) in [6, 6.07) is 18.8. The molecule has 0 radical (unpaired) electrons. The fourth-order valence-electron chi connectivity index (χ4n) is 2.77. The van der Waals surface area contributed by atoms with E-state index in [-0.39, 0.29) is 0 Å². The molecule has 0 amide bonds. The maximum absolute atomic E-state index is 9.08. The van der Waals surface area contributed by atoms with Gasteiger partial charge in [-0.1, -0.05) is 59.8 Å². The van der Waals surface area contributed by atoms with Crippen molar-refractivity contribution < 1.29 is 5.21 Å². The molecule has 0 fully saturated rings. The second-order valence-electron chi connectivity index (χ2n) is 4.64. The summed E-state index contributed by atoms with van der Waals surface area (Å²) in [7, 11) is 0. The SMILES string of the molecule is O/N=C1\CCC(c2ccccc2)c2ccccc21. The Morgan fingerprint density at radius 3 is 2.44 bits per heavy atom. The number of benzene rings is 2. The van der Waals surface area contributed by atoms with Crippen LogP contribution in [0.5, 0.6) is 0 Å². The van der Waals surface area contributed by atoms with Gasteiger partial charge in [0.2, 0.25) is 0 Å². The summed E-state index contributed by atoms with van der Waals surface area (Å²) in [6.45, 7) is 0. The van der Waals surface area contributed by atoms with Gasteiger partial charge >= 0.3 is 0 Å². The minimum Gasteiger partial charge on any atom is -0.411 e. The first kappa shape index (κ1) is 11.0. The van der Waals surface area contributed by atoms with E-state index in [1.54, 1.807) is 0 Å². The first-order chi connectivity index (χ1) is 8.90. The van der Waals surface area contributed by atoms with Crippen molar-refractivity contribution in [3.8, 4) is 0 Å². The van der Waals surface area contributed by atoms with Crippen LogP contribution >= 0.6 is 0 Å². The Morgan fingerprint density at radius 1 is 0.944 bits per heavy atom. The topological polar surface area (TPSA) is 32.6 Å². The third-order valence-electron chi connectivity index (χ3n) is 3.64. The average molecular weight is 237 g/mol. The van der Waals surface area contributed by atoms with Gasteiger partial charge in [0.25, 0.3) is 0 Å². The fraction of sp³-hybridized carbons (Fsp3) is 0.188. The molecular weight excluding hydrogens is 222 g/mol. The summed E-state index contributed by atoms with van der Waals surface area (Å²) in [5, 5.41) is 12.5. The molecule has 1 aliphatic rings. The summed E-state index contributed by atoms with van der Waals surface area (Å²) in [5.41, 5.74) is 4.49. The summed E-state index contributed by atoms with van der Waals surface area (Å²) >= 11 is 0. The Kier molecular flexibility index (Phi) is 2.85. The molecule has 3 rings (SSSR count). The quantitative estimate of drug-likeness (QED) is 0.594. The van der Waals surface area contributed by atoms with Crippen LogP contribution in [0.2, 0.25) is 0 Å². The Labute approximate surface area is 107 Å². The number of oxime groups is 1. The van der Waals surface area contributed by atoms with Crippen LogP contribution in [0.15, 0.2) is 59.8 Å². The normalized spacial score (nSPS) is 20.7. The maximum atomic E-state index is 9.08. The number of rotatable bonds is 1. The van der Waals surface area contributed by atoms with Gasteiger partial charge in [-0.05, 0) is 24.0 Å². The summed E-state index contributed by atoms with van der Waals surface area (Å²) in [5.74, 6) is 0.410. The van der Waals surface area contributed by atoms with E-state index >= 15 is 0 Å². The molecule has 1 unspecified atom stereocenters. The van der Waals surface area contributed by atoms with Gasteiger partial charge in [0.15, 0.2) is 0 Å². The van der Waals surface area contributed by atoms with Gasteiger partial charge in [-0.25, -0.2) is 0 Å². The Balaban J connectivity index is 2.10. The molecule has 2 nitrogen and oxygen atoms in total. The maximum Gasteiger partial charge on any atom is 0.0871 e. The molecule has 0 saturated heterocycles. The van der Waals surface area contributed by atoms with Gasteiger partial charge in [0.1, 0.15) is 0 Å². The fourth-order valence-corrected chi connectivity index (χ4v) is 2.77. The molecule has 1 N–H and O–H groups in total. The molecule has 18 heavy (non-hydrogen) atoms. The largest absolute Gasteiger partial charge is 0.411 e. The van der Waals surface area contributed by atoms with Crippen LogP contribution < -0.4 is 0 Å². The summed E-state index contributed by atoms with van der Waals surface area (Å²) < 4.78 is 0. The summed E-state index contributed by atoms with van der Waals surface area (Å²) in [4.78, 5) is 0. The molecule has 0 aliphatic heterocycles. The van der Waals surface area contributed by atoms with E-state index in [1.807, 2.05) is 18.2 Å². The van der Waals surface area contributed by atoms with Crippen molar-refractivity contribution in [1.82, 2.24) is 0 Å². The molecule has 0 bridgehead atoms. The van der Waals surface area contributed by atoms with E-state index in [0.29, 0.717) is 5.92 Å². The van der Waals surface area contributed by atoms with E-state index in [0.717, 1.165) is 24.1 Å². The first-order valence-electron chi connectivity index (χ1n) is 6.25. The molecule has 2 heteroatoms. The minimum atomic E-state index is 0.410. The van der Waals surface area contributed by atoms with Crippen LogP contribution in [0.1, 0.15) is 35.4 Å². The van der Waals surface area contributed by atoms with Crippen molar-refractivity contribution in [2.24, 2.45) is 5.16 Å². The second-order valence-corrected chi connectivity index (χ2v) is 4.64. The monoisotopic (exact) mass is 237 g/mol. The average Bonchev–Trinajstić information content (AvgIpc) is 2.47. The number of hydrogen-bond donors (Lipinski definition) is 1. The zero-order chi connectivity index (χ0) is 12.4. The smallest absolute Gasteiger partial charge is 0.0871 e. The Hall–Kier alpha value is -2.09. The van der Waals surface area contributed by atoms with Crippen LogP contribution in [-0.4, -0.2) is 10.9 Å². The highest BCUT2D eigenvalue weighted by Gasteiger charge is 2.25. The van der Waals surface area contributed by atoms with E-state index in [9.17, 15) is 0 Å². The molecule has 1 atom stereocenters. The highest BCUT2D eigenvalue weighted by molar-refractivity contribution is 6.02. The van der Waals surface area contributed by atoms with Crippen molar-refractivity contribution in [1.29, 1.82) is 0 Å². The third kappa shape index (κ3) is 1.80. The Morgan fingerprint density at radius 2 is 1.67 bits per heavy atom. The summed E-state index contributed by atoms with van der Waals surface area (Å²) in [6.07, 6.45) is 1.83. The van der Waals surface area contributed by atoms with Crippen LogP contribution in [0.25, 0.3) is 0 Å². The molecule has 2 aromatic carbocycles. The van der Waals surface area contributed by atoms with Crippen LogP contribution in [0, 0.1) is 0 Å². The molecular formula is C16H15NO. The van der Waals surface area contributed by atoms with Gasteiger partial charge in [-0.3, -0.25) is 0 Å². The van der Waals surface area contributed by atoms with E-state index < -0.39 is 0 Å². The number of nitrogens with zero attached hydrogens (tertiary/aromatic N) is 1. The molecule has 0 aromatic heterocycles. The number of hydrogen-bond acceptors (Lipinski definition) is 2. The molecule has 1 aliphatic carbocycles. The van der Waals surface area contributed by atoms with Gasteiger partial charge in [0.05, 0.1) is 5.71 Å². The van der Waals surface area contributed by atoms with Crippen molar-refractivity contribution in [3.05, 3.63) is 71.3 Å². The lowest BCUT2D eigenvalue weighted by molar-refractivity contribution is 0.317. The van der Waals surface area contributed by atoms with E-state index in [2.05, 4.69) is 41.6 Å². The van der Waals surface area contributed by atoms with Crippen molar-refractivity contribution in [3.63, 3.8) is 0 Å². The molecule has 0 saturated carbocycles. The lowest BCUT2D eigenvalue weighted by Crippen LogP contribution is -2.17. The van der Waals surface area contributed by atoms with Crippen molar-refractivity contribution in [2.45, 2.75) is 18.8 Å².